The molecule has 0 aliphatic rings. The van der Waals surface area contributed by atoms with Crippen LogP contribution in [-0.4, -0.2) is 35.7 Å². The van der Waals surface area contributed by atoms with E-state index >= 15 is 0 Å². The zero-order chi connectivity index (χ0) is 20.1. The van der Waals surface area contributed by atoms with Crippen LogP contribution in [-0.2, 0) is 11.3 Å². The minimum Gasteiger partial charge on any atom is -0.383 e. The molecule has 0 aliphatic heterocycles. The number of hydrogen-bond donors (Lipinski definition) is 2. The molecular weight excluding hydrogens is 362 g/mol. The quantitative estimate of drug-likeness (QED) is 0.745. The number of amides is 1. The Labute approximate surface area is 153 Å². The molecule has 1 heterocycles. The Balaban J connectivity index is 2.63. The van der Waals surface area contributed by atoms with Crippen LogP contribution >= 0.6 is 0 Å². The predicted octanol–water partition coefficient (Wildman–Crippen LogP) is 1.10. The predicted molar refractivity (Wildman–Crippen MR) is 95.9 cm³/mol. The molecule has 27 heavy (non-hydrogen) atoms. The fourth-order valence-electron chi connectivity index (χ4n) is 2.59. The van der Waals surface area contributed by atoms with Gasteiger partial charge in [-0.2, -0.15) is 0 Å². The van der Waals surface area contributed by atoms with Crippen LogP contribution in [0.3, 0.4) is 0 Å². The van der Waals surface area contributed by atoms with Gasteiger partial charge in [0.15, 0.2) is 5.69 Å². The maximum absolute atomic E-state index is 14.1. The normalized spacial score (nSPS) is 10.8. The lowest BCUT2D eigenvalue weighted by molar-refractivity contribution is 0.0971. The molecule has 1 aromatic carbocycles. The maximum Gasteiger partial charge on any atom is 0.330 e. The first-order valence-corrected chi connectivity index (χ1v) is 8.20. The third-order valence-corrected chi connectivity index (χ3v) is 3.86. The average Bonchev–Trinajstić information content (AvgIpc) is 2.60. The fourth-order valence-corrected chi connectivity index (χ4v) is 2.59. The van der Waals surface area contributed by atoms with Crippen LogP contribution < -0.4 is 21.9 Å². The van der Waals surface area contributed by atoms with Crippen molar-refractivity contribution in [3.05, 3.63) is 56.2 Å². The first-order chi connectivity index (χ1) is 12.8. The van der Waals surface area contributed by atoms with Gasteiger partial charge in [0.25, 0.3) is 11.5 Å². The van der Waals surface area contributed by atoms with Crippen LogP contribution in [0.15, 0.2) is 27.8 Å². The van der Waals surface area contributed by atoms with Gasteiger partial charge in [0, 0.05) is 26.3 Å². The largest absolute Gasteiger partial charge is 0.383 e. The van der Waals surface area contributed by atoms with Crippen molar-refractivity contribution in [2.24, 2.45) is 0 Å². The van der Waals surface area contributed by atoms with Crippen molar-refractivity contribution in [1.29, 1.82) is 0 Å². The number of rotatable bonds is 7. The Morgan fingerprint density at radius 1 is 1.33 bits per heavy atom. The smallest absolute Gasteiger partial charge is 0.330 e. The van der Waals surface area contributed by atoms with Crippen LogP contribution in [0.2, 0.25) is 0 Å². The highest BCUT2D eigenvalue weighted by molar-refractivity contribution is 6.07. The molecule has 2 aromatic rings. The number of aromatic amines is 1. The van der Waals surface area contributed by atoms with Gasteiger partial charge in [-0.3, -0.25) is 24.0 Å². The zero-order valence-corrected chi connectivity index (χ0v) is 14.9. The molecule has 0 radical (unpaired) electrons. The molecule has 2 rings (SSSR count). The topological polar surface area (TPSA) is 110 Å². The summed E-state index contributed by atoms with van der Waals surface area (Å²) in [6.07, 6.45) is 0.550. The highest BCUT2D eigenvalue weighted by atomic mass is 19.1. The Morgan fingerprint density at radius 3 is 2.63 bits per heavy atom. The summed E-state index contributed by atoms with van der Waals surface area (Å²) in [5.41, 5.74) is 3.63. The van der Waals surface area contributed by atoms with E-state index in [1.165, 1.54) is 7.11 Å². The van der Waals surface area contributed by atoms with E-state index in [2.05, 4.69) is 4.98 Å². The SMILES string of the molecule is CCCn1c(N)c(N(CCOC)C(=O)c2ccc(F)cc2F)c(=O)[nH]c1=O. The monoisotopic (exact) mass is 382 g/mol. The van der Waals surface area contributed by atoms with E-state index < -0.39 is 34.4 Å². The molecule has 0 unspecified atom stereocenters. The van der Waals surface area contributed by atoms with E-state index in [1.54, 1.807) is 6.92 Å². The third-order valence-electron chi connectivity index (χ3n) is 3.86. The van der Waals surface area contributed by atoms with Gasteiger partial charge < -0.3 is 10.5 Å². The Bertz CT molecular complexity index is 955. The molecule has 0 aliphatic carbocycles. The summed E-state index contributed by atoms with van der Waals surface area (Å²) in [7, 11) is 1.38. The lowest BCUT2D eigenvalue weighted by Gasteiger charge is -2.24. The third kappa shape index (κ3) is 4.22. The number of methoxy groups -OCH3 is 1. The highest BCUT2D eigenvalue weighted by Crippen LogP contribution is 2.21. The fraction of sp³-hybridized carbons (Fsp3) is 0.353. The molecule has 8 nitrogen and oxygen atoms in total. The van der Waals surface area contributed by atoms with Gasteiger partial charge in [0.05, 0.1) is 12.2 Å². The van der Waals surface area contributed by atoms with Crippen molar-refractivity contribution in [3.8, 4) is 0 Å². The van der Waals surface area contributed by atoms with Crippen molar-refractivity contribution in [1.82, 2.24) is 9.55 Å². The van der Waals surface area contributed by atoms with Crippen LogP contribution in [0, 0.1) is 11.6 Å². The van der Waals surface area contributed by atoms with Gasteiger partial charge >= 0.3 is 5.69 Å². The summed E-state index contributed by atoms with van der Waals surface area (Å²) in [5.74, 6) is -3.07. The number of nitrogens with two attached hydrogens (primary N) is 1. The van der Waals surface area contributed by atoms with E-state index in [1.807, 2.05) is 0 Å². The molecule has 0 saturated heterocycles. The lowest BCUT2D eigenvalue weighted by atomic mass is 10.1. The molecular formula is C17H20F2N4O4. The van der Waals surface area contributed by atoms with Gasteiger partial charge in [-0.15, -0.1) is 0 Å². The first-order valence-electron chi connectivity index (χ1n) is 8.20. The van der Waals surface area contributed by atoms with E-state index in [0.717, 1.165) is 21.6 Å². The molecule has 0 spiro atoms. The minimum atomic E-state index is -1.08. The number of nitrogens with zero attached hydrogens (tertiary/aromatic N) is 2. The molecule has 3 N–H and O–H groups in total. The highest BCUT2D eigenvalue weighted by Gasteiger charge is 2.27. The second kappa shape index (κ2) is 8.58. The number of anilines is 2. The van der Waals surface area contributed by atoms with E-state index in [9.17, 15) is 23.2 Å². The lowest BCUT2D eigenvalue weighted by Crippen LogP contribution is -2.42. The minimum absolute atomic E-state index is 0.0142. The van der Waals surface area contributed by atoms with Gasteiger partial charge in [0.1, 0.15) is 17.5 Å². The van der Waals surface area contributed by atoms with Crippen molar-refractivity contribution in [2.45, 2.75) is 19.9 Å². The van der Waals surface area contributed by atoms with Gasteiger partial charge in [-0.25, -0.2) is 13.6 Å². The number of aromatic nitrogens is 2. The molecule has 0 fully saturated rings. The number of carbonyl (C=O) groups excluding carboxylic acids is 1. The van der Waals surface area contributed by atoms with Crippen LogP contribution in [0.4, 0.5) is 20.3 Å². The molecule has 10 heteroatoms. The number of nitrogen functional groups attached to an aromatic ring is 1. The van der Waals surface area contributed by atoms with E-state index in [0.29, 0.717) is 12.5 Å². The van der Waals surface area contributed by atoms with E-state index in [4.69, 9.17) is 10.5 Å². The van der Waals surface area contributed by atoms with Crippen LogP contribution in [0.25, 0.3) is 0 Å². The molecule has 0 bridgehead atoms. The number of nitrogens with one attached hydrogen (secondary N) is 1. The van der Waals surface area contributed by atoms with Crippen molar-refractivity contribution in [2.75, 3.05) is 30.9 Å². The number of benzene rings is 1. The van der Waals surface area contributed by atoms with Crippen LogP contribution in [0.1, 0.15) is 23.7 Å². The second-order valence-corrected chi connectivity index (χ2v) is 5.72. The van der Waals surface area contributed by atoms with Crippen molar-refractivity contribution in [3.63, 3.8) is 0 Å². The van der Waals surface area contributed by atoms with Gasteiger partial charge in [0.2, 0.25) is 0 Å². The van der Waals surface area contributed by atoms with Crippen LogP contribution in [0.5, 0.6) is 0 Å². The summed E-state index contributed by atoms with van der Waals surface area (Å²) in [6.45, 7) is 1.90. The molecule has 0 atom stereocenters. The molecule has 0 saturated carbocycles. The van der Waals surface area contributed by atoms with Gasteiger partial charge in [-0.05, 0) is 18.6 Å². The van der Waals surface area contributed by atoms with Crippen molar-refractivity contribution >= 4 is 17.4 Å². The standard InChI is InChI=1S/C17H20F2N4O4/c1-3-6-23-14(20)13(15(24)21-17(23)26)22(7-8-27-2)16(25)11-5-4-10(18)9-12(11)19/h4-5,9H,3,6-8,20H2,1-2H3,(H,21,24,26). The van der Waals surface area contributed by atoms with Gasteiger partial charge in [-0.1, -0.05) is 6.92 Å². The number of hydrogen-bond acceptors (Lipinski definition) is 5. The molecule has 1 amide bonds. The summed E-state index contributed by atoms with van der Waals surface area (Å²) >= 11 is 0. The first kappa shape index (κ1) is 20.3. The number of ether oxygens (including phenoxy) is 1. The molecule has 1 aromatic heterocycles. The Hall–Kier alpha value is -3.01. The summed E-state index contributed by atoms with van der Waals surface area (Å²) < 4.78 is 33.3. The Kier molecular flexibility index (Phi) is 6.45. The zero-order valence-electron chi connectivity index (χ0n) is 14.9. The maximum atomic E-state index is 14.1. The summed E-state index contributed by atoms with van der Waals surface area (Å²) in [5, 5.41) is 0. The Morgan fingerprint density at radius 2 is 2.04 bits per heavy atom. The number of H-pyrrole nitrogens is 1. The second-order valence-electron chi connectivity index (χ2n) is 5.72. The van der Waals surface area contributed by atoms with Crippen molar-refractivity contribution < 1.29 is 18.3 Å². The average molecular weight is 382 g/mol. The van der Waals surface area contributed by atoms with E-state index in [-0.39, 0.29) is 31.2 Å². The summed E-state index contributed by atoms with van der Waals surface area (Å²) in [4.78, 5) is 40.2. The number of halogens is 2. The number of carbonyl (C=O) groups is 1. The molecule has 146 valence electrons. The summed E-state index contributed by atoms with van der Waals surface area (Å²) in [6, 6.07) is 2.46.